The van der Waals surface area contributed by atoms with Gasteiger partial charge in [-0.05, 0) is 31.0 Å². The smallest absolute Gasteiger partial charge is 0.0995 e. The molecular formula is C12H16N2. The molecule has 0 saturated heterocycles. The Morgan fingerprint density at radius 1 is 1.43 bits per heavy atom. The number of nitrogens with one attached hydrogen (secondary N) is 1. The molecule has 1 aromatic carbocycles. The second-order valence-corrected chi connectivity index (χ2v) is 3.37. The average Bonchev–Trinajstić information content (AvgIpc) is 2.21. The van der Waals surface area contributed by atoms with E-state index < -0.39 is 0 Å². The van der Waals surface area contributed by atoms with Crippen LogP contribution in [-0.2, 0) is 0 Å². The molecule has 0 amide bonds. The van der Waals surface area contributed by atoms with Crippen LogP contribution in [0.5, 0.6) is 0 Å². The number of hydrogen-bond donors (Lipinski definition) is 1. The van der Waals surface area contributed by atoms with E-state index in [1.807, 2.05) is 25.1 Å². The minimum absolute atomic E-state index is 0.756. The zero-order valence-corrected chi connectivity index (χ0v) is 8.80. The second kappa shape index (κ2) is 5.29. The Balaban J connectivity index is 2.73. The van der Waals surface area contributed by atoms with Crippen molar-refractivity contribution < 1.29 is 0 Å². The van der Waals surface area contributed by atoms with Gasteiger partial charge in [0.1, 0.15) is 0 Å². The summed E-state index contributed by atoms with van der Waals surface area (Å²) >= 11 is 0. The Morgan fingerprint density at radius 3 is 2.86 bits per heavy atom. The van der Waals surface area contributed by atoms with Crippen molar-refractivity contribution in [3.05, 3.63) is 29.3 Å². The quantitative estimate of drug-likeness (QED) is 0.737. The third-order valence-corrected chi connectivity index (χ3v) is 2.30. The molecule has 14 heavy (non-hydrogen) atoms. The lowest BCUT2D eigenvalue weighted by Crippen LogP contribution is -2.03. The van der Waals surface area contributed by atoms with Gasteiger partial charge in [0.15, 0.2) is 0 Å². The summed E-state index contributed by atoms with van der Waals surface area (Å²) in [5, 5.41) is 12.2. The molecule has 0 atom stereocenters. The fourth-order valence-corrected chi connectivity index (χ4v) is 1.35. The van der Waals surface area contributed by atoms with Crippen molar-refractivity contribution in [3.8, 4) is 6.07 Å². The van der Waals surface area contributed by atoms with Gasteiger partial charge in [0.2, 0.25) is 0 Å². The highest BCUT2D eigenvalue weighted by atomic mass is 14.9. The lowest BCUT2D eigenvalue weighted by atomic mass is 10.1. The Labute approximate surface area is 85.6 Å². The molecule has 2 heteroatoms. The lowest BCUT2D eigenvalue weighted by Gasteiger charge is -2.09. The topological polar surface area (TPSA) is 35.8 Å². The minimum atomic E-state index is 0.756. The molecule has 1 N–H and O–H groups in total. The summed E-state index contributed by atoms with van der Waals surface area (Å²) in [6.45, 7) is 5.12. The van der Waals surface area contributed by atoms with Gasteiger partial charge in [-0.1, -0.05) is 19.4 Å². The molecule has 0 aliphatic rings. The maximum Gasteiger partial charge on any atom is 0.0995 e. The van der Waals surface area contributed by atoms with Crippen LogP contribution in [0.25, 0.3) is 0 Å². The van der Waals surface area contributed by atoms with Gasteiger partial charge in [0, 0.05) is 12.2 Å². The van der Waals surface area contributed by atoms with Crippen LogP contribution in [0.4, 0.5) is 5.69 Å². The van der Waals surface area contributed by atoms with Gasteiger partial charge in [0.05, 0.1) is 11.6 Å². The molecule has 0 aliphatic heterocycles. The van der Waals surface area contributed by atoms with E-state index in [4.69, 9.17) is 5.26 Å². The first-order valence-electron chi connectivity index (χ1n) is 5.03. The van der Waals surface area contributed by atoms with Gasteiger partial charge >= 0.3 is 0 Å². The number of nitriles is 1. The van der Waals surface area contributed by atoms with Gasteiger partial charge in [0.25, 0.3) is 0 Å². The van der Waals surface area contributed by atoms with Crippen LogP contribution in [-0.4, -0.2) is 6.54 Å². The first-order valence-corrected chi connectivity index (χ1v) is 5.03. The zero-order valence-electron chi connectivity index (χ0n) is 8.80. The maximum absolute atomic E-state index is 8.84. The highest BCUT2D eigenvalue weighted by Crippen LogP contribution is 2.17. The number of benzene rings is 1. The van der Waals surface area contributed by atoms with E-state index in [9.17, 15) is 0 Å². The van der Waals surface area contributed by atoms with Gasteiger partial charge in [-0.15, -0.1) is 0 Å². The van der Waals surface area contributed by atoms with Crippen molar-refractivity contribution in [2.24, 2.45) is 0 Å². The van der Waals surface area contributed by atoms with E-state index in [2.05, 4.69) is 18.3 Å². The molecule has 0 aliphatic carbocycles. The SMILES string of the molecule is CCCCNc1cccc(C#N)c1C. The number of rotatable bonds is 4. The predicted octanol–water partition coefficient (Wildman–Crippen LogP) is 3.08. The molecule has 1 aromatic rings. The summed E-state index contributed by atoms with van der Waals surface area (Å²) in [7, 11) is 0. The van der Waals surface area contributed by atoms with E-state index in [-0.39, 0.29) is 0 Å². The van der Waals surface area contributed by atoms with Crippen molar-refractivity contribution in [1.29, 1.82) is 5.26 Å². The molecule has 1 rings (SSSR count). The summed E-state index contributed by atoms with van der Waals surface area (Å²) in [6, 6.07) is 7.97. The molecule has 2 nitrogen and oxygen atoms in total. The zero-order chi connectivity index (χ0) is 10.4. The van der Waals surface area contributed by atoms with Crippen molar-refractivity contribution in [2.75, 3.05) is 11.9 Å². The van der Waals surface area contributed by atoms with Crippen LogP contribution in [0.3, 0.4) is 0 Å². The molecular weight excluding hydrogens is 172 g/mol. The Bertz CT molecular complexity index is 337. The van der Waals surface area contributed by atoms with Crippen molar-refractivity contribution in [3.63, 3.8) is 0 Å². The van der Waals surface area contributed by atoms with Crippen molar-refractivity contribution >= 4 is 5.69 Å². The van der Waals surface area contributed by atoms with Crippen LogP contribution in [0, 0.1) is 18.3 Å². The van der Waals surface area contributed by atoms with E-state index in [0.29, 0.717) is 0 Å². The van der Waals surface area contributed by atoms with Crippen LogP contribution in [0.15, 0.2) is 18.2 Å². The van der Waals surface area contributed by atoms with Crippen molar-refractivity contribution in [1.82, 2.24) is 0 Å². The summed E-state index contributed by atoms with van der Waals surface area (Å²) in [4.78, 5) is 0. The van der Waals surface area contributed by atoms with Gasteiger partial charge in [-0.25, -0.2) is 0 Å². The van der Waals surface area contributed by atoms with Crippen LogP contribution < -0.4 is 5.32 Å². The third kappa shape index (κ3) is 2.50. The Morgan fingerprint density at radius 2 is 2.21 bits per heavy atom. The summed E-state index contributed by atoms with van der Waals surface area (Å²) in [6.07, 6.45) is 2.35. The Kier molecular flexibility index (Phi) is 4.00. The number of nitrogens with zero attached hydrogens (tertiary/aromatic N) is 1. The van der Waals surface area contributed by atoms with Crippen LogP contribution >= 0.6 is 0 Å². The third-order valence-electron chi connectivity index (χ3n) is 2.30. The highest BCUT2D eigenvalue weighted by Gasteiger charge is 2.01. The predicted molar refractivity (Wildman–Crippen MR) is 59.3 cm³/mol. The second-order valence-electron chi connectivity index (χ2n) is 3.37. The summed E-state index contributed by atoms with van der Waals surface area (Å²) in [5.74, 6) is 0. The fraction of sp³-hybridized carbons (Fsp3) is 0.417. The first-order chi connectivity index (χ1) is 6.79. The van der Waals surface area contributed by atoms with Crippen molar-refractivity contribution in [2.45, 2.75) is 26.7 Å². The van der Waals surface area contributed by atoms with E-state index in [1.54, 1.807) is 0 Å². The monoisotopic (exact) mass is 188 g/mol. The molecule has 74 valence electrons. The largest absolute Gasteiger partial charge is 0.385 e. The van der Waals surface area contributed by atoms with Gasteiger partial charge < -0.3 is 5.32 Å². The van der Waals surface area contributed by atoms with Crippen LogP contribution in [0.1, 0.15) is 30.9 Å². The molecule has 0 radical (unpaired) electrons. The minimum Gasteiger partial charge on any atom is -0.385 e. The summed E-state index contributed by atoms with van der Waals surface area (Å²) in [5.41, 5.74) is 2.88. The van der Waals surface area contributed by atoms with Crippen LogP contribution in [0.2, 0.25) is 0 Å². The molecule has 0 bridgehead atoms. The molecule has 0 heterocycles. The maximum atomic E-state index is 8.84. The number of unbranched alkanes of at least 4 members (excludes halogenated alkanes) is 1. The fourth-order valence-electron chi connectivity index (χ4n) is 1.35. The molecule has 0 saturated carbocycles. The van der Waals surface area contributed by atoms with E-state index in [0.717, 1.165) is 29.8 Å². The first kappa shape index (κ1) is 10.6. The number of hydrogen-bond acceptors (Lipinski definition) is 2. The standard InChI is InChI=1S/C12H16N2/c1-3-4-8-14-12-7-5-6-11(9-13)10(12)2/h5-7,14H,3-4,8H2,1-2H3. The molecule has 0 fully saturated rings. The van der Waals surface area contributed by atoms with E-state index >= 15 is 0 Å². The molecule has 0 unspecified atom stereocenters. The van der Waals surface area contributed by atoms with Gasteiger partial charge in [-0.3, -0.25) is 0 Å². The Hall–Kier alpha value is -1.49. The lowest BCUT2D eigenvalue weighted by molar-refractivity contribution is 0.833. The molecule has 0 aromatic heterocycles. The van der Waals surface area contributed by atoms with Gasteiger partial charge in [-0.2, -0.15) is 5.26 Å². The number of anilines is 1. The van der Waals surface area contributed by atoms with E-state index in [1.165, 1.54) is 6.42 Å². The summed E-state index contributed by atoms with van der Waals surface area (Å²) < 4.78 is 0. The molecule has 0 spiro atoms. The highest BCUT2D eigenvalue weighted by molar-refractivity contribution is 5.57. The normalized spacial score (nSPS) is 9.50. The average molecular weight is 188 g/mol.